The molecule has 0 saturated heterocycles. The molecule has 22 heavy (non-hydrogen) atoms. The summed E-state index contributed by atoms with van der Waals surface area (Å²) in [5.74, 6) is 1.11. The molecule has 0 spiro atoms. The molecule has 0 N–H and O–H groups in total. The lowest BCUT2D eigenvalue weighted by Crippen LogP contribution is -2.18. The van der Waals surface area contributed by atoms with Crippen LogP contribution in [-0.2, 0) is 17.8 Å². The highest BCUT2D eigenvalue weighted by molar-refractivity contribution is 5.90. The number of esters is 1. The molecule has 2 aromatic rings. The van der Waals surface area contributed by atoms with Gasteiger partial charge in [0, 0.05) is 6.54 Å². The van der Waals surface area contributed by atoms with Crippen LogP contribution in [0.4, 0.5) is 0 Å². The van der Waals surface area contributed by atoms with E-state index in [9.17, 15) is 4.79 Å². The van der Waals surface area contributed by atoms with Crippen molar-refractivity contribution in [3.05, 3.63) is 53.0 Å². The van der Waals surface area contributed by atoms with Crippen LogP contribution in [0.25, 0.3) is 0 Å². The average Bonchev–Trinajstić information content (AvgIpc) is 2.94. The molecule has 0 saturated carbocycles. The minimum absolute atomic E-state index is 0.377. The molecule has 0 aliphatic rings. The van der Waals surface area contributed by atoms with Gasteiger partial charge in [0.05, 0.1) is 27.0 Å². The summed E-state index contributed by atoms with van der Waals surface area (Å²) in [6.45, 7) is 3.29. The predicted octanol–water partition coefficient (Wildman–Crippen LogP) is 3.02. The molecular formula is C17H21NO4. The number of nitrogens with zero attached hydrogens (tertiary/aromatic N) is 1. The van der Waals surface area contributed by atoms with Crippen LogP contribution in [-0.4, -0.2) is 32.1 Å². The van der Waals surface area contributed by atoms with Gasteiger partial charge < -0.3 is 13.9 Å². The zero-order valence-electron chi connectivity index (χ0n) is 13.4. The molecule has 0 aliphatic heterocycles. The third-order valence-electron chi connectivity index (χ3n) is 3.48. The van der Waals surface area contributed by atoms with Gasteiger partial charge in [0.1, 0.15) is 17.1 Å². The Bertz CT molecular complexity index is 648. The predicted molar refractivity (Wildman–Crippen MR) is 82.9 cm³/mol. The summed E-state index contributed by atoms with van der Waals surface area (Å²) in [6.07, 6.45) is 1.51. The Hall–Kier alpha value is -2.27. The summed E-state index contributed by atoms with van der Waals surface area (Å²) in [7, 11) is 5.01. The van der Waals surface area contributed by atoms with Gasteiger partial charge in [-0.3, -0.25) is 4.90 Å². The van der Waals surface area contributed by atoms with Crippen molar-refractivity contribution in [3.8, 4) is 5.75 Å². The first-order valence-corrected chi connectivity index (χ1v) is 7.02. The molecule has 1 heterocycles. The maximum Gasteiger partial charge on any atom is 0.341 e. The largest absolute Gasteiger partial charge is 0.496 e. The fourth-order valence-corrected chi connectivity index (χ4v) is 2.41. The number of benzene rings is 1. The van der Waals surface area contributed by atoms with Crippen molar-refractivity contribution in [2.24, 2.45) is 0 Å². The van der Waals surface area contributed by atoms with Gasteiger partial charge in [-0.05, 0) is 37.2 Å². The van der Waals surface area contributed by atoms with Crippen LogP contribution < -0.4 is 4.74 Å². The van der Waals surface area contributed by atoms with Gasteiger partial charge >= 0.3 is 5.97 Å². The topological polar surface area (TPSA) is 51.9 Å². The summed E-state index contributed by atoms with van der Waals surface area (Å²) in [5.41, 5.74) is 2.74. The molecule has 0 aliphatic carbocycles. The average molecular weight is 303 g/mol. The number of methoxy groups -OCH3 is 2. The van der Waals surface area contributed by atoms with E-state index >= 15 is 0 Å². The zero-order chi connectivity index (χ0) is 16.1. The third-order valence-corrected chi connectivity index (χ3v) is 3.48. The lowest BCUT2D eigenvalue weighted by molar-refractivity contribution is 0.0596. The maximum atomic E-state index is 11.6. The molecule has 0 unspecified atom stereocenters. The number of hydrogen-bond donors (Lipinski definition) is 0. The molecule has 5 heteroatoms. The van der Waals surface area contributed by atoms with Gasteiger partial charge in [0.15, 0.2) is 0 Å². The van der Waals surface area contributed by atoms with E-state index in [2.05, 4.69) is 11.0 Å². The van der Waals surface area contributed by atoms with E-state index in [4.69, 9.17) is 13.9 Å². The van der Waals surface area contributed by atoms with Crippen LogP contribution in [0.1, 0.15) is 27.2 Å². The second-order valence-electron chi connectivity index (χ2n) is 5.23. The minimum Gasteiger partial charge on any atom is -0.496 e. The van der Waals surface area contributed by atoms with Gasteiger partial charge in [0.2, 0.25) is 0 Å². The second kappa shape index (κ2) is 7.13. The first-order valence-electron chi connectivity index (χ1n) is 7.02. The molecule has 1 aromatic carbocycles. The van der Waals surface area contributed by atoms with Crippen molar-refractivity contribution < 1.29 is 18.7 Å². The lowest BCUT2D eigenvalue weighted by atomic mass is 10.1. The fourth-order valence-electron chi connectivity index (χ4n) is 2.41. The molecule has 118 valence electrons. The number of furan rings is 1. The summed E-state index contributed by atoms with van der Waals surface area (Å²) in [5, 5.41) is 0. The number of ether oxygens (including phenoxy) is 2. The Kier molecular flexibility index (Phi) is 5.22. The SMILES string of the molecule is COC(=O)c1ccoc1CN(C)Cc1ccc(OC)c(C)c1. The molecular weight excluding hydrogens is 282 g/mol. The van der Waals surface area contributed by atoms with Gasteiger partial charge in [-0.1, -0.05) is 12.1 Å². The van der Waals surface area contributed by atoms with Crippen molar-refractivity contribution in [1.82, 2.24) is 4.90 Å². The molecule has 0 atom stereocenters. The van der Waals surface area contributed by atoms with Crippen LogP contribution in [0, 0.1) is 6.92 Å². The Morgan fingerprint density at radius 2 is 2.00 bits per heavy atom. The molecule has 0 fully saturated rings. The van der Waals surface area contributed by atoms with Crippen molar-refractivity contribution in [2.75, 3.05) is 21.3 Å². The molecule has 0 radical (unpaired) electrons. The highest BCUT2D eigenvalue weighted by Crippen LogP contribution is 2.20. The molecule has 0 amide bonds. The fraction of sp³-hybridized carbons (Fsp3) is 0.353. The molecule has 0 bridgehead atoms. The normalized spacial score (nSPS) is 10.8. The molecule has 1 aromatic heterocycles. The van der Waals surface area contributed by atoms with Crippen LogP contribution in [0.15, 0.2) is 34.9 Å². The van der Waals surface area contributed by atoms with E-state index < -0.39 is 0 Å². The first kappa shape index (κ1) is 16.1. The van der Waals surface area contributed by atoms with E-state index in [0.29, 0.717) is 17.9 Å². The standard InChI is InChI=1S/C17H21NO4/c1-12-9-13(5-6-15(12)20-3)10-18(2)11-16-14(7-8-22-16)17(19)21-4/h5-9H,10-11H2,1-4H3. The molecule has 2 rings (SSSR count). The highest BCUT2D eigenvalue weighted by Gasteiger charge is 2.16. The Morgan fingerprint density at radius 3 is 2.64 bits per heavy atom. The Balaban J connectivity index is 2.04. The zero-order valence-corrected chi connectivity index (χ0v) is 13.4. The smallest absolute Gasteiger partial charge is 0.341 e. The van der Waals surface area contributed by atoms with Gasteiger partial charge in [-0.25, -0.2) is 4.79 Å². The summed E-state index contributed by atoms with van der Waals surface area (Å²) in [6, 6.07) is 7.72. The number of aryl methyl sites for hydroxylation is 1. The van der Waals surface area contributed by atoms with Crippen molar-refractivity contribution in [2.45, 2.75) is 20.0 Å². The van der Waals surface area contributed by atoms with E-state index in [0.717, 1.165) is 17.9 Å². The first-order chi connectivity index (χ1) is 10.5. The summed E-state index contributed by atoms with van der Waals surface area (Å²) < 4.78 is 15.4. The monoisotopic (exact) mass is 303 g/mol. The van der Waals surface area contributed by atoms with Gasteiger partial charge in [-0.15, -0.1) is 0 Å². The lowest BCUT2D eigenvalue weighted by Gasteiger charge is -2.17. The van der Waals surface area contributed by atoms with Crippen LogP contribution in [0.5, 0.6) is 5.75 Å². The van der Waals surface area contributed by atoms with E-state index in [-0.39, 0.29) is 5.97 Å². The summed E-state index contributed by atoms with van der Waals surface area (Å²) in [4.78, 5) is 13.7. The van der Waals surface area contributed by atoms with Crippen LogP contribution in [0.3, 0.4) is 0 Å². The van der Waals surface area contributed by atoms with Crippen molar-refractivity contribution >= 4 is 5.97 Å². The number of carbonyl (C=O) groups is 1. The van der Waals surface area contributed by atoms with E-state index in [1.165, 1.54) is 18.9 Å². The number of hydrogen-bond acceptors (Lipinski definition) is 5. The van der Waals surface area contributed by atoms with Gasteiger partial charge in [0.25, 0.3) is 0 Å². The third kappa shape index (κ3) is 3.68. The summed E-state index contributed by atoms with van der Waals surface area (Å²) >= 11 is 0. The highest BCUT2D eigenvalue weighted by atomic mass is 16.5. The van der Waals surface area contributed by atoms with Crippen molar-refractivity contribution in [3.63, 3.8) is 0 Å². The van der Waals surface area contributed by atoms with Gasteiger partial charge in [-0.2, -0.15) is 0 Å². The molecule has 5 nitrogen and oxygen atoms in total. The van der Waals surface area contributed by atoms with E-state index in [1.54, 1.807) is 13.2 Å². The minimum atomic E-state index is -0.377. The number of carbonyl (C=O) groups excluding carboxylic acids is 1. The maximum absolute atomic E-state index is 11.6. The Labute approximate surface area is 130 Å². The number of rotatable bonds is 6. The van der Waals surface area contributed by atoms with Crippen LogP contribution >= 0.6 is 0 Å². The second-order valence-corrected chi connectivity index (χ2v) is 5.23. The van der Waals surface area contributed by atoms with E-state index in [1.807, 2.05) is 26.1 Å². The van der Waals surface area contributed by atoms with Crippen LogP contribution in [0.2, 0.25) is 0 Å². The Morgan fingerprint density at radius 1 is 1.23 bits per heavy atom. The van der Waals surface area contributed by atoms with Crippen molar-refractivity contribution in [1.29, 1.82) is 0 Å². The quantitative estimate of drug-likeness (QED) is 0.768.